The van der Waals surface area contributed by atoms with Crippen molar-refractivity contribution in [2.45, 2.75) is 24.4 Å². The standard InChI is InChI=1S/C15H17ClN4O3S/c1-19-10-17-15(14(19)16)24(22,23)18-12-5-2-4-11(8-12)9-20-7-3-6-13(20)21/h2,4-5,8,10,18H,3,6-7,9H2,1H3. The van der Waals surface area contributed by atoms with Crippen LogP contribution >= 0.6 is 11.6 Å². The van der Waals surface area contributed by atoms with E-state index < -0.39 is 10.0 Å². The number of halogens is 1. The molecule has 1 saturated heterocycles. The molecule has 0 unspecified atom stereocenters. The molecule has 1 aromatic heterocycles. The van der Waals surface area contributed by atoms with Gasteiger partial charge in [-0.05, 0) is 24.1 Å². The molecule has 24 heavy (non-hydrogen) atoms. The maximum atomic E-state index is 12.4. The van der Waals surface area contributed by atoms with Crippen LogP contribution < -0.4 is 4.72 Å². The Hall–Kier alpha value is -2.06. The van der Waals surface area contributed by atoms with Gasteiger partial charge in [-0.3, -0.25) is 9.52 Å². The van der Waals surface area contributed by atoms with Crippen LogP contribution in [0.3, 0.4) is 0 Å². The van der Waals surface area contributed by atoms with E-state index in [-0.39, 0.29) is 16.1 Å². The zero-order valence-electron chi connectivity index (χ0n) is 13.1. The van der Waals surface area contributed by atoms with E-state index in [4.69, 9.17) is 11.6 Å². The Morgan fingerprint density at radius 2 is 2.17 bits per heavy atom. The molecule has 0 saturated carbocycles. The van der Waals surface area contributed by atoms with E-state index in [1.165, 1.54) is 10.9 Å². The topological polar surface area (TPSA) is 84.3 Å². The van der Waals surface area contributed by atoms with Gasteiger partial charge in [0.25, 0.3) is 10.0 Å². The lowest BCUT2D eigenvalue weighted by Crippen LogP contribution is -2.23. The third-order valence-corrected chi connectivity index (χ3v) is 5.68. The second-order valence-electron chi connectivity index (χ2n) is 5.68. The van der Waals surface area contributed by atoms with Gasteiger partial charge in [0, 0.05) is 32.2 Å². The minimum absolute atomic E-state index is 0.0429. The first-order valence-electron chi connectivity index (χ1n) is 7.43. The highest BCUT2D eigenvalue weighted by Gasteiger charge is 2.23. The van der Waals surface area contributed by atoms with Crippen LogP contribution in [-0.4, -0.2) is 35.3 Å². The van der Waals surface area contributed by atoms with Gasteiger partial charge >= 0.3 is 0 Å². The zero-order valence-corrected chi connectivity index (χ0v) is 14.6. The first-order valence-corrected chi connectivity index (χ1v) is 9.29. The zero-order chi connectivity index (χ0) is 17.3. The molecule has 1 aromatic carbocycles. The molecular weight excluding hydrogens is 352 g/mol. The summed E-state index contributed by atoms with van der Waals surface area (Å²) < 4.78 is 28.7. The molecule has 1 aliphatic heterocycles. The number of nitrogens with one attached hydrogen (secondary N) is 1. The number of aryl methyl sites for hydroxylation is 1. The number of likely N-dealkylation sites (tertiary alicyclic amines) is 1. The van der Waals surface area contributed by atoms with E-state index in [2.05, 4.69) is 9.71 Å². The molecule has 1 amide bonds. The van der Waals surface area contributed by atoms with Crippen molar-refractivity contribution in [1.29, 1.82) is 0 Å². The van der Waals surface area contributed by atoms with Crippen LogP contribution in [-0.2, 0) is 28.4 Å². The van der Waals surface area contributed by atoms with Gasteiger partial charge in [-0.25, -0.2) is 4.98 Å². The smallest absolute Gasteiger partial charge is 0.282 e. The van der Waals surface area contributed by atoms with Crippen molar-refractivity contribution in [2.24, 2.45) is 7.05 Å². The summed E-state index contributed by atoms with van der Waals surface area (Å²) in [6, 6.07) is 6.95. The van der Waals surface area contributed by atoms with Gasteiger partial charge in [-0.2, -0.15) is 8.42 Å². The molecule has 7 nitrogen and oxygen atoms in total. The van der Waals surface area contributed by atoms with Gasteiger partial charge in [0.05, 0.1) is 6.33 Å². The fourth-order valence-corrected chi connectivity index (χ4v) is 4.09. The van der Waals surface area contributed by atoms with Crippen LogP contribution in [0.1, 0.15) is 18.4 Å². The number of sulfonamides is 1. The highest BCUT2D eigenvalue weighted by molar-refractivity contribution is 7.92. The van der Waals surface area contributed by atoms with Crippen molar-refractivity contribution in [1.82, 2.24) is 14.5 Å². The molecule has 1 aliphatic rings. The van der Waals surface area contributed by atoms with E-state index >= 15 is 0 Å². The Morgan fingerprint density at radius 1 is 1.38 bits per heavy atom. The number of hydrogen-bond acceptors (Lipinski definition) is 4. The molecule has 0 radical (unpaired) electrons. The van der Waals surface area contributed by atoms with Gasteiger partial charge in [-0.15, -0.1) is 0 Å². The molecule has 0 spiro atoms. The van der Waals surface area contributed by atoms with Crippen molar-refractivity contribution in [3.05, 3.63) is 41.3 Å². The molecule has 2 heterocycles. The number of amides is 1. The molecule has 1 fully saturated rings. The monoisotopic (exact) mass is 368 g/mol. The maximum Gasteiger partial charge on any atom is 0.282 e. The minimum atomic E-state index is -3.87. The van der Waals surface area contributed by atoms with Gasteiger partial charge in [0.1, 0.15) is 5.15 Å². The molecule has 0 aliphatic carbocycles. The highest BCUT2D eigenvalue weighted by Crippen LogP contribution is 2.23. The average Bonchev–Trinajstić information content (AvgIpc) is 3.06. The van der Waals surface area contributed by atoms with Crippen LogP contribution in [0.5, 0.6) is 0 Å². The lowest BCUT2D eigenvalue weighted by Gasteiger charge is -2.16. The predicted molar refractivity (Wildman–Crippen MR) is 90.1 cm³/mol. The summed E-state index contributed by atoms with van der Waals surface area (Å²) in [6.45, 7) is 1.21. The number of anilines is 1. The van der Waals surface area contributed by atoms with Crippen LogP contribution in [0.25, 0.3) is 0 Å². The molecule has 128 valence electrons. The van der Waals surface area contributed by atoms with E-state index in [9.17, 15) is 13.2 Å². The van der Waals surface area contributed by atoms with Crippen molar-refractivity contribution in [3.8, 4) is 0 Å². The third-order valence-electron chi connectivity index (χ3n) is 3.81. The number of carbonyl (C=O) groups excluding carboxylic acids is 1. The largest absolute Gasteiger partial charge is 0.338 e. The van der Waals surface area contributed by atoms with E-state index in [1.54, 1.807) is 30.1 Å². The number of carbonyl (C=O) groups is 1. The Morgan fingerprint density at radius 3 is 2.79 bits per heavy atom. The molecule has 3 rings (SSSR count). The molecule has 0 bridgehead atoms. The number of nitrogens with zero attached hydrogens (tertiary/aromatic N) is 3. The van der Waals surface area contributed by atoms with Crippen molar-refractivity contribution in [2.75, 3.05) is 11.3 Å². The maximum absolute atomic E-state index is 12.4. The molecule has 0 atom stereocenters. The second kappa shape index (κ2) is 6.45. The summed E-state index contributed by atoms with van der Waals surface area (Å²) in [6.07, 6.45) is 2.78. The van der Waals surface area contributed by atoms with E-state index in [0.717, 1.165) is 18.5 Å². The first kappa shape index (κ1) is 16.8. The van der Waals surface area contributed by atoms with Crippen LogP contribution in [0, 0.1) is 0 Å². The van der Waals surface area contributed by atoms with Crippen LogP contribution in [0.4, 0.5) is 5.69 Å². The van der Waals surface area contributed by atoms with Gasteiger partial charge in [0.15, 0.2) is 0 Å². The lowest BCUT2D eigenvalue weighted by molar-refractivity contribution is -0.128. The normalized spacial score (nSPS) is 15.1. The summed E-state index contributed by atoms with van der Waals surface area (Å²) in [4.78, 5) is 17.3. The van der Waals surface area contributed by atoms with Crippen LogP contribution in [0.15, 0.2) is 35.6 Å². The summed E-state index contributed by atoms with van der Waals surface area (Å²) in [5, 5.41) is -0.173. The molecule has 9 heteroatoms. The molecule has 1 N–H and O–H groups in total. The number of hydrogen-bond donors (Lipinski definition) is 1. The SMILES string of the molecule is Cn1cnc(S(=O)(=O)Nc2cccc(CN3CCCC3=O)c2)c1Cl. The number of rotatable bonds is 5. The summed E-state index contributed by atoms with van der Waals surface area (Å²) in [5.74, 6) is 0.126. The Balaban J connectivity index is 1.79. The number of aromatic nitrogens is 2. The Kier molecular flexibility index (Phi) is 4.51. The van der Waals surface area contributed by atoms with Crippen LogP contribution in [0.2, 0.25) is 5.15 Å². The molecular formula is C15H17ClN4O3S. The first-order chi connectivity index (χ1) is 11.4. The second-order valence-corrected chi connectivity index (χ2v) is 7.63. The predicted octanol–water partition coefficient (Wildman–Crippen LogP) is 2.00. The van der Waals surface area contributed by atoms with E-state index in [1.807, 2.05) is 6.07 Å². The summed E-state index contributed by atoms with van der Waals surface area (Å²) in [5.41, 5.74) is 1.26. The number of benzene rings is 1. The van der Waals surface area contributed by atoms with Gasteiger partial charge < -0.3 is 9.47 Å². The fraction of sp³-hybridized carbons (Fsp3) is 0.333. The highest BCUT2D eigenvalue weighted by atomic mass is 35.5. The van der Waals surface area contributed by atoms with Gasteiger partial charge in [0.2, 0.25) is 10.9 Å². The quantitative estimate of drug-likeness (QED) is 0.874. The van der Waals surface area contributed by atoms with Crippen molar-refractivity contribution < 1.29 is 13.2 Å². The fourth-order valence-electron chi connectivity index (χ4n) is 2.60. The minimum Gasteiger partial charge on any atom is -0.338 e. The third kappa shape index (κ3) is 3.39. The summed E-state index contributed by atoms with van der Waals surface area (Å²) in [7, 11) is -2.26. The van der Waals surface area contributed by atoms with Crippen molar-refractivity contribution in [3.63, 3.8) is 0 Å². The summed E-state index contributed by atoms with van der Waals surface area (Å²) >= 11 is 5.96. The average molecular weight is 369 g/mol. The number of imidazole rings is 1. The van der Waals surface area contributed by atoms with Crippen molar-refractivity contribution >= 4 is 33.2 Å². The lowest BCUT2D eigenvalue weighted by atomic mass is 10.2. The van der Waals surface area contributed by atoms with Gasteiger partial charge in [-0.1, -0.05) is 23.7 Å². The Labute approximate surface area is 145 Å². The van der Waals surface area contributed by atoms with E-state index in [0.29, 0.717) is 18.7 Å². The molecule has 2 aromatic rings. The Bertz CT molecular complexity index is 879.